The van der Waals surface area contributed by atoms with Crippen molar-refractivity contribution in [3.63, 3.8) is 0 Å². The van der Waals surface area contributed by atoms with Crippen LogP contribution < -0.4 is 15.4 Å². The van der Waals surface area contributed by atoms with Crippen LogP contribution in [0.1, 0.15) is 30.8 Å². The van der Waals surface area contributed by atoms with E-state index in [1.54, 1.807) is 7.11 Å². The molecule has 1 atom stereocenters. The molecule has 0 aliphatic heterocycles. The Bertz CT molecular complexity index is 712. The van der Waals surface area contributed by atoms with Crippen LogP contribution >= 0.6 is 24.0 Å². The predicted octanol–water partition coefficient (Wildman–Crippen LogP) is 3.52. The van der Waals surface area contributed by atoms with E-state index in [-0.39, 0.29) is 24.0 Å². The normalized spacial score (nSPS) is 12.3. The maximum Gasteiger partial charge on any atom is 0.191 e. The van der Waals surface area contributed by atoms with Gasteiger partial charge in [-0.15, -0.1) is 24.0 Å². The third-order valence-corrected chi connectivity index (χ3v) is 4.13. The fourth-order valence-electron chi connectivity index (χ4n) is 2.73. The van der Waals surface area contributed by atoms with Crippen molar-refractivity contribution < 1.29 is 4.74 Å². The highest BCUT2D eigenvalue weighted by Gasteiger charge is 2.08. The number of aliphatic imine (C=N–C) groups is 1. The Balaban J connectivity index is 0.00000364. The summed E-state index contributed by atoms with van der Waals surface area (Å²) in [7, 11) is 1.67. The molecule has 1 aromatic carbocycles. The van der Waals surface area contributed by atoms with Crippen molar-refractivity contribution in [2.75, 3.05) is 20.2 Å². The summed E-state index contributed by atoms with van der Waals surface area (Å²) in [5.41, 5.74) is 3.42. The van der Waals surface area contributed by atoms with Crippen molar-refractivity contribution in [2.24, 2.45) is 10.9 Å². The van der Waals surface area contributed by atoms with Gasteiger partial charge < -0.3 is 15.4 Å². The Morgan fingerprint density at radius 2 is 1.93 bits per heavy atom. The van der Waals surface area contributed by atoms with Crippen LogP contribution in [0.3, 0.4) is 0 Å². The van der Waals surface area contributed by atoms with Gasteiger partial charge in [-0.25, -0.2) is 4.99 Å². The van der Waals surface area contributed by atoms with Crippen LogP contribution in [0.5, 0.6) is 5.75 Å². The second-order valence-corrected chi connectivity index (χ2v) is 6.64. The van der Waals surface area contributed by atoms with Gasteiger partial charge in [-0.1, -0.05) is 19.1 Å². The lowest BCUT2D eigenvalue weighted by Gasteiger charge is -2.16. The quantitative estimate of drug-likeness (QED) is 0.341. The number of methoxy groups -OCH3 is 1. The monoisotopic (exact) mass is 485 g/mol. The van der Waals surface area contributed by atoms with Gasteiger partial charge in [0.1, 0.15) is 5.75 Å². The molecule has 6 nitrogen and oxygen atoms in total. The van der Waals surface area contributed by atoms with E-state index in [0.717, 1.165) is 42.6 Å². The van der Waals surface area contributed by atoms with Gasteiger partial charge >= 0.3 is 0 Å². The van der Waals surface area contributed by atoms with E-state index in [4.69, 9.17) is 4.74 Å². The number of halogens is 1. The number of hydrogen-bond acceptors (Lipinski definition) is 3. The fraction of sp³-hybridized carbons (Fsp3) is 0.500. The van der Waals surface area contributed by atoms with E-state index in [9.17, 15) is 0 Å². The smallest absolute Gasteiger partial charge is 0.191 e. The first-order chi connectivity index (χ1) is 12.5. The number of guanidine groups is 1. The highest BCUT2D eigenvalue weighted by molar-refractivity contribution is 14.0. The van der Waals surface area contributed by atoms with E-state index in [0.29, 0.717) is 12.5 Å². The zero-order valence-electron chi connectivity index (χ0n) is 17.0. The molecule has 2 aromatic rings. The molecule has 7 heteroatoms. The molecule has 0 saturated carbocycles. The zero-order valence-corrected chi connectivity index (χ0v) is 19.3. The van der Waals surface area contributed by atoms with Crippen molar-refractivity contribution in [1.82, 2.24) is 20.4 Å². The lowest BCUT2D eigenvalue weighted by Crippen LogP contribution is -2.40. The molecule has 0 aliphatic rings. The Hall–Kier alpha value is -1.77. The molecule has 27 heavy (non-hydrogen) atoms. The average Bonchev–Trinajstić information content (AvgIpc) is 2.94. The van der Waals surface area contributed by atoms with E-state index in [1.807, 2.05) is 31.2 Å². The minimum atomic E-state index is 0. The maximum absolute atomic E-state index is 5.19. The number of nitrogens with one attached hydrogen (secondary N) is 2. The molecule has 0 bridgehead atoms. The van der Waals surface area contributed by atoms with Crippen LogP contribution in [0, 0.1) is 19.8 Å². The topological polar surface area (TPSA) is 63.5 Å². The largest absolute Gasteiger partial charge is 0.497 e. The first-order valence-corrected chi connectivity index (χ1v) is 9.18. The summed E-state index contributed by atoms with van der Waals surface area (Å²) in [6.45, 7) is 11.6. The molecule has 0 radical (unpaired) electrons. The first kappa shape index (κ1) is 23.3. The third kappa shape index (κ3) is 7.78. The molecule has 0 saturated heterocycles. The number of benzene rings is 1. The van der Waals surface area contributed by atoms with Crippen LogP contribution in [0.25, 0.3) is 0 Å². The maximum atomic E-state index is 5.19. The minimum Gasteiger partial charge on any atom is -0.497 e. The van der Waals surface area contributed by atoms with Gasteiger partial charge in [0.15, 0.2) is 5.96 Å². The number of rotatable bonds is 8. The minimum absolute atomic E-state index is 0. The van der Waals surface area contributed by atoms with Gasteiger partial charge in [0.05, 0.1) is 19.3 Å². The summed E-state index contributed by atoms with van der Waals surface area (Å²) in [6.07, 6.45) is 0. The molecule has 1 unspecified atom stereocenters. The summed E-state index contributed by atoms with van der Waals surface area (Å²) in [4.78, 5) is 4.67. The van der Waals surface area contributed by atoms with Crippen molar-refractivity contribution in [2.45, 2.75) is 40.8 Å². The molecule has 2 N–H and O–H groups in total. The second kappa shape index (κ2) is 11.8. The van der Waals surface area contributed by atoms with E-state index in [1.165, 1.54) is 5.69 Å². The Morgan fingerprint density at radius 1 is 1.22 bits per heavy atom. The lowest BCUT2D eigenvalue weighted by molar-refractivity contribution is 0.414. The number of ether oxygens (including phenoxy) is 1. The molecule has 150 valence electrons. The molecule has 0 spiro atoms. The molecule has 0 fully saturated rings. The SMILES string of the molecule is CCNC(=NCc1ccc(OC)cc1)NCC(C)Cn1nc(C)cc1C.I. The third-order valence-electron chi connectivity index (χ3n) is 4.13. The number of hydrogen-bond donors (Lipinski definition) is 2. The zero-order chi connectivity index (χ0) is 18.9. The van der Waals surface area contributed by atoms with Crippen LogP contribution in [0.15, 0.2) is 35.3 Å². The van der Waals surface area contributed by atoms with Gasteiger partial charge in [-0.3, -0.25) is 4.68 Å². The summed E-state index contributed by atoms with van der Waals surface area (Å²) in [5, 5.41) is 11.3. The number of aryl methyl sites for hydroxylation is 2. The second-order valence-electron chi connectivity index (χ2n) is 6.64. The molecule has 2 rings (SSSR count). The Kier molecular flexibility index (Phi) is 10.2. The van der Waals surface area contributed by atoms with E-state index < -0.39 is 0 Å². The highest BCUT2D eigenvalue weighted by Crippen LogP contribution is 2.12. The van der Waals surface area contributed by atoms with Crippen LogP contribution in [0.2, 0.25) is 0 Å². The standard InChI is InChI=1S/C20H31N5O.HI/c1-6-21-20(23-13-18-7-9-19(26-5)10-8-18)22-12-15(2)14-25-17(4)11-16(3)24-25;/h7-11,15H,6,12-14H2,1-5H3,(H2,21,22,23);1H. The van der Waals surface area contributed by atoms with E-state index in [2.05, 4.69) is 52.2 Å². The lowest BCUT2D eigenvalue weighted by atomic mass is 10.2. The number of aromatic nitrogens is 2. The average molecular weight is 485 g/mol. The summed E-state index contributed by atoms with van der Waals surface area (Å²) >= 11 is 0. The molecule has 1 heterocycles. The van der Waals surface area contributed by atoms with E-state index >= 15 is 0 Å². The predicted molar refractivity (Wildman–Crippen MR) is 122 cm³/mol. The summed E-state index contributed by atoms with van der Waals surface area (Å²) in [6, 6.07) is 10.1. The summed E-state index contributed by atoms with van der Waals surface area (Å²) < 4.78 is 7.26. The molecule has 0 aliphatic carbocycles. The van der Waals surface area contributed by atoms with Gasteiger partial charge in [-0.05, 0) is 50.5 Å². The van der Waals surface area contributed by atoms with Gasteiger partial charge in [0, 0.05) is 25.3 Å². The van der Waals surface area contributed by atoms with Crippen molar-refractivity contribution >= 4 is 29.9 Å². The molecule has 0 amide bonds. The van der Waals surface area contributed by atoms with Crippen molar-refractivity contribution in [3.05, 3.63) is 47.3 Å². The molecule has 1 aromatic heterocycles. The van der Waals surface area contributed by atoms with Crippen LogP contribution in [-0.4, -0.2) is 35.9 Å². The van der Waals surface area contributed by atoms with Gasteiger partial charge in [0.2, 0.25) is 0 Å². The molecular formula is C20H32IN5O. The van der Waals surface area contributed by atoms with Gasteiger partial charge in [0.25, 0.3) is 0 Å². The Labute approximate surface area is 179 Å². The fourth-order valence-corrected chi connectivity index (χ4v) is 2.73. The van der Waals surface area contributed by atoms with Crippen molar-refractivity contribution in [1.29, 1.82) is 0 Å². The molecular weight excluding hydrogens is 453 g/mol. The van der Waals surface area contributed by atoms with Gasteiger partial charge in [-0.2, -0.15) is 5.10 Å². The summed E-state index contributed by atoms with van der Waals surface area (Å²) in [5.74, 6) is 2.14. The highest BCUT2D eigenvalue weighted by atomic mass is 127. The van der Waals surface area contributed by atoms with Crippen LogP contribution in [0.4, 0.5) is 0 Å². The van der Waals surface area contributed by atoms with Crippen molar-refractivity contribution in [3.8, 4) is 5.75 Å². The Morgan fingerprint density at radius 3 is 2.48 bits per heavy atom. The van der Waals surface area contributed by atoms with Crippen LogP contribution in [-0.2, 0) is 13.1 Å². The number of nitrogens with zero attached hydrogens (tertiary/aromatic N) is 3. The first-order valence-electron chi connectivity index (χ1n) is 9.18.